The second kappa shape index (κ2) is 10.9. The fourth-order valence-electron chi connectivity index (χ4n) is 2.65. The molecule has 136 valence electrons. The molecule has 0 unspecified atom stereocenters. The molecule has 0 saturated heterocycles. The van der Waals surface area contributed by atoms with Gasteiger partial charge < -0.3 is 9.84 Å². The summed E-state index contributed by atoms with van der Waals surface area (Å²) in [6.07, 6.45) is 6.03. The molecule has 2 aromatic carbocycles. The van der Waals surface area contributed by atoms with Crippen LogP contribution >= 0.6 is 0 Å². The van der Waals surface area contributed by atoms with Crippen LogP contribution < -0.4 is 39.4 Å². The first-order chi connectivity index (χ1) is 11.9. The number of unbranched alkanes of at least 4 members (excludes halogenated alkanes) is 4. The molecule has 0 bridgehead atoms. The van der Waals surface area contributed by atoms with Crippen molar-refractivity contribution in [2.24, 2.45) is 0 Å². The first kappa shape index (κ1) is 23.0. The number of para-hydroxylation sites is 1. The first-order valence-corrected chi connectivity index (χ1v) is 9.90. The molecule has 0 aromatic heterocycles. The fourth-order valence-corrected chi connectivity index (χ4v) is 3.31. The van der Waals surface area contributed by atoms with Crippen LogP contribution in [0.25, 0.3) is 0 Å². The third-order valence-electron chi connectivity index (χ3n) is 3.91. The Morgan fingerprint density at radius 3 is 2.38 bits per heavy atom. The Morgan fingerprint density at radius 2 is 1.73 bits per heavy atom. The summed E-state index contributed by atoms with van der Waals surface area (Å²) in [6.45, 7) is 2.14. The van der Waals surface area contributed by atoms with E-state index in [1.807, 2.05) is 0 Å². The topological polar surface area (TPSA) is 86.7 Å². The molecule has 26 heavy (non-hydrogen) atoms. The predicted octanol–water partition coefficient (Wildman–Crippen LogP) is 1.32. The third kappa shape index (κ3) is 6.93. The molecule has 0 aliphatic rings. The van der Waals surface area contributed by atoms with Crippen molar-refractivity contribution in [2.45, 2.75) is 50.3 Å². The number of hydrogen-bond donors (Lipinski definition) is 1. The van der Waals surface area contributed by atoms with E-state index in [9.17, 15) is 18.1 Å². The van der Waals surface area contributed by atoms with Gasteiger partial charge in [-0.3, -0.25) is 4.55 Å². The fraction of sp³-hybridized carbons (Fsp3) is 0.368. The van der Waals surface area contributed by atoms with Gasteiger partial charge in [0, 0.05) is 0 Å². The Kier molecular flexibility index (Phi) is 9.68. The summed E-state index contributed by atoms with van der Waals surface area (Å²) in [7, 11) is -4.43. The number of benzene rings is 2. The minimum absolute atomic E-state index is 0. The van der Waals surface area contributed by atoms with Crippen molar-refractivity contribution in [3.05, 3.63) is 48.0 Å². The minimum atomic E-state index is -4.43. The summed E-state index contributed by atoms with van der Waals surface area (Å²) in [4.78, 5) is -0.283. The van der Waals surface area contributed by atoms with Gasteiger partial charge in [0.1, 0.15) is 10.6 Å². The summed E-state index contributed by atoms with van der Waals surface area (Å²) in [5.41, 5.74) is 0.697. The van der Waals surface area contributed by atoms with Crippen LogP contribution in [-0.4, -0.2) is 13.0 Å². The minimum Gasteiger partial charge on any atom is -0.872 e. The van der Waals surface area contributed by atoms with Gasteiger partial charge in [-0.05, 0) is 36.6 Å². The molecule has 0 heterocycles. The number of ether oxygens (including phenoxy) is 1. The van der Waals surface area contributed by atoms with Gasteiger partial charge >= 0.3 is 29.6 Å². The maximum Gasteiger partial charge on any atom is 1.00 e. The smallest absolute Gasteiger partial charge is 0.872 e. The molecule has 0 amide bonds. The molecule has 2 rings (SSSR count). The molecular formula is C19H23NaO5S. The molecule has 0 atom stereocenters. The van der Waals surface area contributed by atoms with Gasteiger partial charge in [0.05, 0.1) is 0 Å². The van der Waals surface area contributed by atoms with Crippen LogP contribution in [0, 0.1) is 0 Å². The Balaban J connectivity index is 0.00000338. The maximum absolute atomic E-state index is 11.7. The molecule has 7 heteroatoms. The quantitative estimate of drug-likeness (QED) is 0.399. The Bertz CT molecular complexity index is 805. The van der Waals surface area contributed by atoms with Crippen LogP contribution in [0.3, 0.4) is 0 Å². The van der Waals surface area contributed by atoms with E-state index in [0.29, 0.717) is 12.0 Å². The van der Waals surface area contributed by atoms with Crippen LogP contribution in [0.4, 0.5) is 0 Å². The molecule has 0 saturated carbocycles. The molecule has 0 fully saturated rings. The van der Waals surface area contributed by atoms with E-state index in [1.54, 1.807) is 18.2 Å². The first-order valence-electron chi connectivity index (χ1n) is 8.46. The normalized spacial score (nSPS) is 11.0. The van der Waals surface area contributed by atoms with Crippen molar-refractivity contribution in [2.75, 3.05) is 0 Å². The van der Waals surface area contributed by atoms with Crippen LogP contribution in [0.2, 0.25) is 0 Å². The molecule has 5 nitrogen and oxygen atoms in total. The average molecular weight is 386 g/mol. The van der Waals surface area contributed by atoms with Gasteiger partial charge in [-0.1, -0.05) is 56.9 Å². The maximum atomic E-state index is 11.7. The van der Waals surface area contributed by atoms with Crippen LogP contribution in [0.1, 0.15) is 44.6 Å². The zero-order chi connectivity index (χ0) is 18.3. The predicted molar refractivity (Wildman–Crippen MR) is 94.7 cm³/mol. The van der Waals surface area contributed by atoms with E-state index in [4.69, 9.17) is 4.74 Å². The molecule has 0 spiro atoms. The summed E-state index contributed by atoms with van der Waals surface area (Å²) < 4.78 is 38.6. The van der Waals surface area contributed by atoms with Crippen molar-refractivity contribution in [1.82, 2.24) is 0 Å². The molecule has 0 aliphatic carbocycles. The van der Waals surface area contributed by atoms with E-state index in [-0.39, 0.29) is 51.7 Å². The Labute approximate surface area is 177 Å². The van der Waals surface area contributed by atoms with Crippen LogP contribution in [0.15, 0.2) is 47.4 Å². The van der Waals surface area contributed by atoms with Gasteiger partial charge in [0.15, 0.2) is 5.75 Å². The summed E-state index contributed by atoms with van der Waals surface area (Å²) >= 11 is 0. The zero-order valence-electron chi connectivity index (χ0n) is 15.3. The van der Waals surface area contributed by atoms with Gasteiger partial charge in [0.25, 0.3) is 10.1 Å². The summed E-state index contributed by atoms with van der Waals surface area (Å²) in [5, 5.41) is 11.5. The van der Waals surface area contributed by atoms with E-state index < -0.39 is 10.1 Å². The van der Waals surface area contributed by atoms with Gasteiger partial charge in [0.2, 0.25) is 0 Å². The summed E-state index contributed by atoms with van der Waals surface area (Å²) in [5.74, 6) is 0.102. The van der Waals surface area contributed by atoms with Gasteiger partial charge in [-0.25, -0.2) is 0 Å². The van der Waals surface area contributed by atoms with E-state index in [0.717, 1.165) is 25.7 Å². The molecule has 1 N–H and O–H groups in total. The van der Waals surface area contributed by atoms with Crippen LogP contribution in [-0.2, 0) is 16.5 Å². The largest absolute Gasteiger partial charge is 1.00 e. The monoisotopic (exact) mass is 386 g/mol. The Morgan fingerprint density at radius 1 is 1.04 bits per heavy atom. The third-order valence-corrected chi connectivity index (χ3v) is 4.79. The zero-order valence-corrected chi connectivity index (χ0v) is 18.1. The second-order valence-electron chi connectivity index (χ2n) is 5.96. The average Bonchev–Trinajstić information content (AvgIpc) is 2.55. The van der Waals surface area contributed by atoms with Crippen molar-refractivity contribution in [3.8, 4) is 17.2 Å². The van der Waals surface area contributed by atoms with Gasteiger partial charge in [-0.15, -0.1) is 5.75 Å². The standard InChI is InChI=1S/C19H24O5S.Na/c1-2-3-4-5-6-9-15-10-7-13-18(25(21,22)23)19(15)24-17-12-8-11-16(20)14-17;/h7-8,10-14,20H,2-6,9H2,1H3,(H,21,22,23);/q;+1/p-1. The van der Waals surface area contributed by atoms with E-state index in [1.165, 1.54) is 30.7 Å². The van der Waals surface area contributed by atoms with E-state index in [2.05, 4.69) is 6.92 Å². The molecule has 2 aromatic rings. The second-order valence-corrected chi connectivity index (χ2v) is 7.35. The number of aryl methyl sites for hydroxylation is 1. The van der Waals surface area contributed by atoms with Gasteiger partial charge in [-0.2, -0.15) is 8.42 Å². The van der Waals surface area contributed by atoms with Crippen molar-refractivity contribution in [3.63, 3.8) is 0 Å². The van der Waals surface area contributed by atoms with Crippen molar-refractivity contribution < 1.29 is 52.4 Å². The molecular weight excluding hydrogens is 363 g/mol. The molecule has 0 aliphatic heterocycles. The van der Waals surface area contributed by atoms with Crippen molar-refractivity contribution >= 4 is 10.1 Å². The summed E-state index contributed by atoms with van der Waals surface area (Å²) in [6, 6.07) is 10.5. The Hall–Kier alpha value is -1.05. The SMILES string of the molecule is CCCCCCCc1cccc(S(=O)(=O)O)c1Oc1cccc([O-])c1.[Na+]. The number of rotatable bonds is 9. The van der Waals surface area contributed by atoms with Crippen LogP contribution in [0.5, 0.6) is 17.2 Å². The van der Waals surface area contributed by atoms with E-state index >= 15 is 0 Å². The molecule has 0 radical (unpaired) electrons. The van der Waals surface area contributed by atoms with Crippen molar-refractivity contribution in [1.29, 1.82) is 0 Å². The number of hydrogen-bond acceptors (Lipinski definition) is 4.